The van der Waals surface area contributed by atoms with Crippen LogP contribution in [-0.2, 0) is 10.0 Å². The first-order valence-corrected chi connectivity index (χ1v) is 12.3. The van der Waals surface area contributed by atoms with Crippen LogP contribution in [0.15, 0.2) is 76.6 Å². The fourth-order valence-corrected chi connectivity index (χ4v) is 5.71. The second-order valence-corrected chi connectivity index (χ2v) is 9.99. The molecule has 0 spiro atoms. The molecule has 1 saturated heterocycles. The lowest BCUT2D eigenvalue weighted by Crippen LogP contribution is -2.50. The minimum Gasteiger partial charge on any atom is -0.493 e. The molecule has 1 fully saturated rings. The maximum absolute atomic E-state index is 13.2. The molecule has 33 heavy (non-hydrogen) atoms. The van der Waals surface area contributed by atoms with Gasteiger partial charge in [-0.15, -0.1) is 0 Å². The molecule has 2 aliphatic rings. The fraction of sp³-hybridized carbons (Fsp3) is 0.240. The molecule has 0 amide bonds. The van der Waals surface area contributed by atoms with Crippen LogP contribution in [0.3, 0.4) is 0 Å². The number of hydrogen-bond acceptors (Lipinski definition) is 6. The predicted molar refractivity (Wildman–Crippen MR) is 127 cm³/mol. The molecular weight excluding hydrogens is 438 g/mol. The summed E-state index contributed by atoms with van der Waals surface area (Å²) in [7, 11) is -1.93. The normalized spacial score (nSPS) is 16.2. The van der Waals surface area contributed by atoms with Crippen molar-refractivity contribution in [2.75, 3.05) is 33.3 Å². The van der Waals surface area contributed by atoms with Gasteiger partial charge in [0.2, 0.25) is 10.0 Å². The van der Waals surface area contributed by atoms with E-state index in [1.807, 2.05) is 55.5 Å². The number of rotatable bonds is 3. The van der Waals surface area contributed by atoms with Crippen LogP contribution in [0.1, 0.15) is 11.1 Å². The minimum atomic E-state index is -3.54. The highest BCUT2D eigenvalue weighted by Crippen LogP contribution is 2.42. The maximum Gasteiger partial charge on any atom is 0.243 e. The van der Waals surface area contributed by atoms with E-state index in [0.29, 0.717) is 48.3 Å². The fourth-order valence-electron chi connectivity index (χ4n) is 4.18. The molecule has 0 saturated carbocycles. The zero-order valence-corrected chi connectivity index (χ0v) is 19.4. The van der Waals surface area contributed by atoms with Gasteiger partial charge in [-0.05, 0) is 48.9 Å². The molecule has 0 N–H and O–H groups in total. The van der Waals surface area contributed by atoms with E-state index in [4.69, 9.17) is 14.5 Å². The summed E-state index contributed by atoms with van der Waals surface area (Å²) in [4.78, 5) is 7.38. The van der Waals surface area contributed by atoms with Crippen LogP contribution in [0.5, 0.6) is 17.2 Å². The van der Waals surface area contributed by atoms with Gasteiger partial charge in [0.25, 0.3) is 0 Å². The average Bonchev–Trinajstić information content (AvgIpc) is 3.01. The Balaban J connectivity index is 1.46. The van der Waals surface area contributed by atoms with Gasteiger partial charge in [-0.2, -0.15) is 4.31 Å². The Morgan fingerprint density at radius 2 is 1.70 bits per heavy atom. The highest BCUT2D eigenvalue weighted by atomic mass is 32.2. The number of sulfonamides is 1. The standard InChI is InChI=1S/C25H25N3O4S/c1-18-7-5-8-19(17-18)33(29,30)28-15-13-27(14-16-28)25-20-9-6-12-23(31-2)24(20)32-22-11-4-3-10-21(22)26-25/h3-12,17H,13-16H2,1-2H3. The third-order valence-electron chi connectivity index (χ3n) is 5.91. The maximum atomic E-state index is 13.2. The van der Waals surface area contributed by atoms with E-state index in [9.17, 15) is 8.42 Å². The quantitative estimate of drug-likeness (QED) is 0.582. The zero-order chi connectivity index (χ0) is 23.0. The molecule has 7 nitrogen and oxygen atoms in total. The number of ether oxygens (including phenoxy) is 2. The molecule has 2 heterocycles. The summed E-state index contributed by atoms with van der Waals surface area (Å²) in [6, 6.07) is 20.4. The first-order valence-electron chi connectivity index (χ1n) is 10.8. The molecule has 0 aromatic heterocycles. The van der Waals surface area contributed by atoms with Crippen molar-refractivity contribution in [3.8, 4) is 17.2 Å². The minimum absolute atomic E-state index is 0.333. The summed E-state index contributed by atoms with van der Waals surface area (Å²) in [5.74, 6) is 2.64. The first kappa shape index (κ1) is 21.5. The van der Waals surface area contributed by atoms with Gasteiger partial charge in [-0.1, -0.05) is 30.3 Å². The summed E-state index contributed by atoms with van der Waals surface area (Å²) < 4.78 is 39.6. The smallest absolute Gasteiger partial charge is 0.243 e. The van der Waals surface area contributed by atoms with Crippen LogP contribution in [0.2, 0.25) is 0 Å². The summed E-state index contributed by atoms with van der Waals surface area (Å²) in [5, 5.41) is 0. The molecule has 170 valence electrons. The summed E-state index contributed by atoms with van der Waals surface area (Å²) in [6.45, 7) is 3.67. The second kappa shape index (κ2) is 8.53. The van der Waals surface area contributed by atoms with Crippen molar-refractivity contribution in [2.45, 2.75) is 11.8 Å². The van der Waals surface area contributed by atoms with E-state index in [-0.39, 0.29) is 0 Å². The van der Waals surface area contributed by atoms with E-state index in [0.717, 1.165) is 22.6 Å². The van der Waals surface area contributed by atoms with Gasteiger partial charge < -0.3 is 14.4 Å². The Morgan fingerprint density at radius 3 is 2.45 bits per heavy atom. The second-order valence-electron chi connectivity index (χ2n) is 8.05. The number of aryl methyl sites for hydroxylation is 1. The van der Waals surface area contributed by atoms with E-state index in [1.54, 1.807) is 29.6 Å². The van der Waals surface area contributed by atoms with Gasteiger partial charge >= 0.3 is 0 Å². The highest BCUT2D eigenvalue weighted by molar-refractivity contribution is 7.89. The van der Waals surface area contributed by atoms with Crippen LogP contribution in [-0.4, -0.2) is 56.7 Å². The van der Waals surface area contributed by atoms with Gasteiger partial charge in [-0.25, -0.2) is 13.4 Å². The number of para-hydroxylation sites is 3. The Kier molecular flexibility index (Phi) is 5.55. The summed E-state index contributed by atoms with van der Waals surface area (Å²) >= 11 is 0. The van der Waals surface area contributed by atoms with Crippen molar-refractivity contribution in [1.29, 1.82) is 0 Å². The van der Waals surface area contributed by atoms with E-state index in [1.165, 1.54) is 0 Å². The Labute approximate surface area is 193 Å². The molecule has 8 heteroatoms. The molecule has 3 aromatic carbocycles. The first-order chi connectivity index (χ1) is 16.0. The molecule has 0 unspecified atom stereocenters. The van der Waals surface area contributed by atoms with Crippen molar-refractivity contribution in [1.82, 2.24) is 9.21 Å². The van der Waals surface area contributed by atoms with Gasteiger partial charge in [0, 0.05) is 26.2 Å². The van der Waals surface area contributed by atoms with E-state index >= 15 is 0 Å². The van der Waals surface area contributed by atoms with Crippen molar-refractivity contribution in [2.24, 2.45) is 4.99 Å². The summed E-state index contributed by atoms with van der Waals surface area (Å²) in [6.07, 6.45) is 0. The topological polar surface area (TPSA) is 71.4 Å². The van der Waals surface area contributed by atoms with Crippen LogP contribution >= 0.6 is 0 Å². The summed E-state index contributed by atoms with van der Waals surface area (Å²) in [5.41, 5.74) is 2.47. The molecule has 0 bridgehead atoms. The van der Waals surface area contributed by atoms with Gasteiger partial charge in [0.15, 0.2) is 17.2 Å². The SMILES string of the molecule is COc1cccc2c1Oc1ccccc1N=C2N1CCN(S(=O)(=O)c2cccc(C)c2)CC1. The monoisotopic (exact) mass is 463 g/mol. The number of amidine groups is 1. The van der Waals surface area contributed by atoms with Gasteiger partial charge in [0.1, 0.15) is 11.5 Å². The molecule has 2 aliphatic heterocycles. The Morgan fingerprint density at radius 1 is 0.939 bits per heavy atom. The van der Waals surface area contributed by atoms with Crippen molar-refractivity contribution in [3.63, 3.8) is 0 Å². The van der Waals surface area contributed by atoms with Crippen LogP contribution < -0.4 is 9.47 Å². The van der Waals surface area contributed by atoms with Crippen LogP contribution in [0.25, 0.3) is 0 Å². The number of benzene rings is 3. The largest absolute Gasteiger partial charge is 0.493 e. The lowest BCUT2D eigenvalue weighted by molar-refractivity contribution is 0.266. The Bertz CT molecular complexity index is 1330. The van der Waals surface area contributed by atoms with E-state index < -0.39 is 10.0 Å². The molecule has 0 radical (unpaired) electrons. The van der Waals surface area contributed by atoms with Crippen LogP contribution in [0.4, 0.5) is 5.69 Å². The lowest BCUT2D eigenvalue weighted by atomic mass is 10.1. The molecule has 3 aromatic rings. The number of methoxy groups -OCH3 is 1. The molecule has 5 rings (SSSR count). The number of hydrogen-bond donors (Lipinski definition) is 0. The number of nitrogens with zero attached hydrogens (tertiary/aromatic N) is 3. The van der Waals surface area contributed by atoms with Crippen molar-refractivity contribution >= 4 is 21.5 Å². The Hall–Kier alpha value is -3.36. The van der Waals surface area contributed by atoms with Crippen LogP contribution in [0, 0.1) is 6.92 Å². The predicted octanol–water partition coefficient (Wildman–Crippen LogP) is 4.19. The molecular formula is C25H25N3O4S. The molecule has 0 atom stereocenters. The number of piperazine rings is 1. The lowest BCUT2D eigenvalue weighted by Gasteiger charge is -2.36. The van der Waals surface area contributed by atoms with Crippen molar-refractivity contribution < 1.29 is 17.9 Å². The molecule has 0 aliphatic carbocycles. The third kappa shape index (κ3) is 3.96. The third-order valence-corrected chi connectivity index (χ3v) is 7.80. The average molecular weight is 464 g/mol. The highest BCUT2D eigenvalue weighted by Gasteiger charge is 2.32. The number of aliphatic imine (C=N–C) groups is 1. The zero-order valence-electron chi connectivity index (χ0n) is 18.6. The van der Waals surface area contributed by atoms with Crippen molar-refractivity contribution in [3.05, 3.63) is 77.9 Å². The number of fused-ring (bicyclic) bond motifs is 2. The van der Waals surface area contributed by atoms with Gasteiger partial charge in [-0.3, -0.25) is 0 Å². The van der Waals surface area contributed by atoms with Gasteiger partial charge in [0.05, 0.1) is 17.6 Å². The van der Waals surface area contributed by atoms with E-state index in [2.05, 4.69) is 4.90 Å².